The summed E-state index contributed by atoms with van der Waals surface area (Å²) in [5.74, 6) is 0.763. The SMILES string of the molecule is CNC1c2ccccc2OCC1S(=O)(=O)C1CCOC1C. The molecule has 1 aromatic carbocycles. The standard InChI is InChI=1S/C15H21NO4S/c1-10-13(7-8-19-10)21(17,18)14-9-20-12-6-4-3-5-11(12)15(14)16-2/h3-6,10,13-16H,7-9H2,1-2H3. The molecule has 0 bridgehead atoms. The van der Waals surface area contributed by atoms with Gasteiger partial charge in [0.2, 0.25) is 0 Å². The van der Waals surface area contributed by atoms with E-state index in [4.69, 9.17) is 9.47 Å². The van der Waals surface area contributed by atoms with Gasteiger partial charge < -0.3 is 14.8 Å². The largest absolute Gasteiger partial charge is 0.492 e. The summed E-state index contributed by atoms with van der Waals surface area (Å²) in [6.45, 7) is 2.54. The molecule has 0 spiro atoms. The highest BCUT2D eigenvalue weighted by Gasteiger charge is 2.46. The molecule has 5 nitrogen and oxygen atoms in total. The normalized spacial score (nSPS) is 32.5. The lowest BCUT2D eigenvalue weighted by atomic mass is 10.0. The van der Waals surface area contributed by atoms with Gasteiger partial charge >= 0.3 is 0 Å². The van der Waals surface area contributed by atoms with Crippen LogP contribution in [0.25, 0.3) is 0 Å². The zero-order valence-corrected chi connectivity index (χ0v) is 13.1. The van der Waals surface area contributed by atoms with Crippen LogP contribution >= 0.6 is 0 Å². The first-order chi connectivity index (χ1) is 10.1. The van der Waals surface area contributed by atoms with E-state index in [1.807, 2.05) is 31.2 Å². The average molecular weight is 311 g/mol. The Morgan fingerprint density at radius 2 is 2.00 bits per heavy atom. The number of ether oxygens (including phenoxy) is 2. The molecule has 0 saturated carbocycles. The van der Waals surface area contributed by atoms with E-state index in [9.17, 15) is 8.42 Å². The van der Waals surface area contributed by atoms with Gasteiger partial charge in [-0.1, -0.05) is 18.2 Å². The summed E-state index contributed by atoms with van der Waals surface area (Å²) >= 11 is 0. The molecule has 6 heteroatoms. The molecule has 2 heterocycles. The second-order valence-electron chi connectivity index (χ2n) is 5.65. The Labute approximate surface area is 125 Å². The fourth-order valence-corrected chi connectivity index (χ4v) is 5.74. The van der Waals surface area contributed by atoms with Crippen LogP contribution in [0, 0.1) is 0 Å². The summed E-state index contributed by atoms with van der Waals surface area (Å²) in [6.07, 6.45) is 0.322. The molecule has 1 saturated heterocycles. The molecule has 4 atom stereocenters. The van der Waals surface area contributed by atoms with Gasteiger partial charge in [0.05, 0.1) is 17.4 Å². The van der Waals surface area contributed by atoms with E-state index in [-0.39, 0.29) is 18.8 Å². The first kappa shape index (κ1) is 14.8. The van der Waals surface area contributed by atoms with Crippen LogP contribution in [0.15, 0.2) is 24.3 Å². The van der Waals surface area contributed by atoms with Crippen LogP contribution in [-0.4, -0.2) is 45.3 Å². The predicted molar refractivity (Wildman–Crippen MR) is 80.3 cm³/mol. The van der Waals surface area contributed by atoms with Gasteiger partial charge in [-0.25, -0.2) is 8.42 Å². The van der Waals surface area contributed by atoms with Crippen molar-refractivity contribution >= 4 is 9.84 Å². The van der Waals surface area contributed by atoms with Crippen molar-refractivity contribution in [1.29, 1.82) is 0 Å². The molecule has 2 aliphatic heterocycles. The molecule has 0 amide bonds. The third kappa shape index (κ3) is 2.45. The van der Waals surface area contributed by atoms with Crippen molar-refractivity contribution in [2.45, 2.75) is 36.0 Å². The molecular formula is C15H21NO4S. The summed E-state index contributed by atoms with van der Waals surface area (Å²) < 4.78 is 37.1. The van der Waals surface area contributed by atoms with Crippen molar-refractivity contribution in [3.63, 3.8) is 0 Å². The van der Waals surface area contributed by atoms with Gasteiger partial charge in [-0.3, -0.25) is 0 Å². The monoisotopic (exact) mass is 311 g/mol. The second kappa shape index (κ2) is 5.59. The van der Waals surface area contributed by atoms with Gasteiger partial charge in [0.15, 0.2) is 9.84 Å². The number of para-hydroxylation sites is 1. The van der Waals surface area contributed by atoms with E-state index in [1.54, 1.807) is 7.05 Å². The van der Waals surface area contributed by atoms with Crippen molar-refractivity contribution in [3.8, 4) is 5.75 Å². The molecule has 1 N–H and O–H groups in total. The zero-order chi connectivity index (χ0) is 15.0. The van der Waals surface area contributed by atoms with Gasteiger partial charge in [-0.2, -0.15) is 0 Å². The lowest BCUT2D eigenvalue weighted by Crippen LogP contribution is -2.48. The van der Waals surface area contributed by atoms with Gasteiger partial charge in [-0.05, 0) is 26.5 Å². The minimum absolute atomic E-state index is 0.189. The Morgan fingerprint density at radius 1 is 1.24 bits per heavy atom. The summed E-state index contributed by atoms with van der Waals surface area (Å²) in [5.41, 5.74) is 0.909. The van der Waals surface area contributed by atoms with Gasteiger partial charge in [0.1, 0.15) is 17.6 Å². The highest BCUT2D eigenvalue weighted by molar-refractivity contribution is 7.92. The van der Waals surface area contributed by atoms with Crippen molar-refractivity contribution in [3.05, 3.63) is 29.8 Å². The fraction of sp³-hybridized carbons (Fsp3) is 0.600. The van der Waals surface area contributed by atoms with E-state index < -0.39 is 20.3 Å². The van der Waals surface area contributed by atoms with E-state index in [0.717, 1.165) is 11.3 Å². The number of benzene rings is 1. The van der Waals surface area contributed by atoms with Gasteiger partial charge in [0.25, 0.3) is 0 Å². The van der Waals surface area contributed by atoms with Crippen LogP contribution in [0.5, 0.6) is 5.75 Å². The number of rotatable bonds is 3. The summed E-state index contributed by atoms with van der Waals surface area (Å²) in [5, 5.41) is 2.14. The minimum Gasteiger partial charge on any atom is -0.492 e. The molecule has 0 aromatic heterocycles. The fourth-order valence-electron chi connectivity index (χ4n) is 3.33. The molecule has 2 aliphatic rings. The van der Waals surface area contributed by atoms with Crippen molar-refractivity contribution in [2.24, 2.45) is 0 Å². The van der Waals surface area contributed by atoms with Crippen molar-refractivity contribution in [1.82, 2.24) is 5.32 Å². The van der Waals surface area contributed by atoms with E-state index in [2.05, 4.69) is 5.32 Å². The molecule has 0 radical (unpaired) electrons. The van der Waals surface area contributed by atoms with E-state index in [0.29, 0.717) is 13.0 Å². The third-order valence-electron chi connectivity index (χ3n) is 4.49. The van der Waals surface area contributed by atoms with E-state index >= 15 is 0 Å². The van der Waals surface area contributed by atoms with Crippen LogP contribution in [-0.2, 0) is 14.6 Å². The van der Waals surface area contributed by atoms with Crippen molar-refractivity contribution < 1.29 is 17.9 Å². The van der Waals surface area contributed by atoms with Gasteiger partial charge in [0, 0.05) is 12.2 Å². The maximum atomic E-state index is 13.0. The topological polar surface area (TPSA) is 64.6 Å². The quantitative estimate of drug-likeness (QED) is 0.911. The lowest BCUT2D eigenvalue weighted by Gasteiger charge is -2.34. The molecule has 0 aliphatic carbocycles. The highest BCUT2D eigenvalue weighted by atomic mass is 32.2. The predicted octanol–water partition coefficient (Wildman–Crippen LogP) is 1.30. The molecule has 3 rings (SSSR count). The second-order valence-corrected chi connectivity index (χ2v) is 8.03. The Bertz CT molecular complexity index is 616. The average Bonchev–Trinajstić information content (AvgIpc) is 2.92. The zero-order valence-electron chi connectivity index (χ0n) is 12.3. The summed E-state index contributed by atoms with van der Waals surface area (Å²) in [4.78, 5) is 0. The number of sulfone groups is 1. The summed E-state index contributed by atoms with van der Waals surface area (Å²) in [6, 6.07) is 7.36. The third-order valence-corrected chi connectivity index (χ3v) is 7.21. The molecule has 4 unspecified atom stereocenters. The van der Waals surface area contributed by atoms with Crippen LogP contribution in [0.3, 0.4) is 0 Å². The number of nitrogens with one attached hydrogen (secondary N) is 1. The number of fused-ring (bicyclic) bond motifs is 1. The molecule has 1 aromatic rings. The van der Waals surface area contributed by atoms with Gasteiger partial charge in [-0.15, -0.1) is 0 Å². The van der Waals surface area contributed by atoms with Crippen molar-refractivity contribution in [2.75, 3.05) is 20.3 Å². The van der Waals surface area contributed by atoms with Crippen LogP contribution in [0.2, 0.25) is 0 Å². The smallest absolute Gasteiger partial charge is 0.163 e. The lowest BCUT2D eigenvalue weighted by molar-refractivity contribution is 0.126. The maximum Gasteiger partial charge on any atom is 0.163 e. The Morgan fingerprint density at radius 3 is 2.67 bits per heavy atom. The Balaban J connectivity index is 1.96. The first-order valence-corrected chi connectivity index (χ1v) is 8.90. The molecule has 116 valence electrons. The van der Waals surface area contributed by atoms with Crippen LogP contribution < -0.4 is 10.1 Å². The molecule has 21 heavy (non-hydrogen) atoms. The molecule has 1 fully saturated rings. The Kier molecular flexibility index (Phi) is 3.94. The number of hydrogen-bond donors (Lipinski definition) is 1. The van der Waals surface area contributed by atoms with E-state index in [1.165, 1.54) is 0 Å². The first-order valence-electron chi connectivity index (χ1n) is 7.29. The Hall–Kier alpha value is -1.11. The highest BCUT2D eigenvalue weighted by Crippen LogP contribution is 2.37. The van der Waals surface area contributed by atoms with Crippen LogP contribution in [0.1, 0.15) is 24.9 Å². The maximum absolute atomic E-state index is 13.0. The minimum atomic E-state index is -3.33. The molecular weight excluding hydrogens is 290 g/mol. The number of hydrogen-bond acceptors (Lipinski definition) is 5. The van der Waals surface area contributed by atoms with Crippen LogP contribution in [0.4, 0.5) is 0 Å². The summed E-state index contributed by atoms with van der Waals surface area (Å²) in [7, 11) is -1.53.